The summed E-state index contributed by atoms with van der Waals surface area (Å²) in [4.78, 5) is 13.8. The van der Waals surface area contributed by atoms with E-state index in [1.807, 2.05) is 11.6 Å². The number of ketones is 1. The van der Waals surface area contributed by atoms with Crippen molar-refractivity contribution in [1.29, 1.82) is 0 Å². The molecule has 0 bridgehead atoms. The van der Waals surface area contributed by atoms with Crippen LogP contribution in [0.5, 0.6) is 5.75 Å². The summed E-state index contributed by atoms with van der Waals surface area (Å²) in [6.07, 6.45) is -12.0. The Labute approximate surface area is 217 Å². The largest absolute Gasteiger partial charge is 0.598 e. The van der Waals surface area contributed by atoms with E-state index < -0.39 is 77.0 Å². The number of carbonyl (C=O) groups is 1. The fourth-order valence-corrected chi connectivity index (χ4v) is 5.05. The minimum absolute atomic E-state index is 0.0406. The number of hydrogen-bond acceptors (Lipinski definition) is 5. The zero-order chi connectivity index (χ0) is 28.2. The number of thiophene rings is 1. The van der Waals surface area contributed by atoms with Crippen LogP contribution in [0.3, 0.4) is 0 Å². The highest BCUT2D eigenvalue weighted by atomic mass is 32.2. The molecule has 0 saturated heterocycles. The van der Waals surface area contributed by atoms with Gasteiger partial charge in [0.2, 0.25) is 0 Å². The van der Waals surface area contributed by atoms with Crippen LogP contribution in [0, 0.1) is 5.82 Å². The molecule has 0 fully saturated rings. The molecular formula is C24H28F7NO3S2. The quantitative estimate of drug-likeness (QED) is 0.133. The topological polar surface area (TPSA) is 61.4 Å². The van der Waals surface area contributed by atoms with Crippen molar-refractivity contribution in [1.82, 2.24) is 4.72 Å². The van der Waals surface area contributed by atoms with Gasteiger partial charge in [0.25, 0.3) is 0 Å². The Hall–Kier alpha value is -1.83. The molecule has 0 saturated carbocycles. The number of halogens is 7. The highest BCUT2D eigenvalue weighted by molar-refractivity contribution is 7.90. The van der Waals surface area contributed by atoms with E-state index in [0.717, 1.165) is 28.3 Å². The summed E-state index contributed by atoms with van der Waals surface area (Å²) in [6.45, 7) is 5.63. The number of rotatable bonds is 11. The Morgan fingerprint density at radius 2 is 1.73 bits per heavy atom. The van der Waals surface area contributed by atoms with Gasteiger partial charge in [-0.1, -0.05) is 13.0 Å². The first kappa shape index (κ1) is 31.4. The van der Waals surface area contributed by atoms with Gasteiger partial charge in [0.05, 0.1) is 11.5 Å². The Bertz CT molecular complexity index is 1060. The highest BCUT2D eigenvalue weighted by Crippen LogP contribution is 2.45. The Kier molecular flexibility index (Phi) is 10.1. The minimum atomic E-state index is -5.27. The van der Waals surface area contributed by atoms with E-state index in [9.17, 15) is 35.7 Å². The van der Waals surface area contributed by atoms with Gasteiger partial charge in [-0.3, -0.25) is 4.79 Å². The second-order valence-corrected chi connectivity index (χ2v) is 12.4. The average molecular weight is 576 g/mol. The van der Waals surface area contributed by atoms with Crippen molar-refractivity contribution in [2.75, 3.05) is 6.61 Å². The molecule has 0 amide bonds. The van der Waals surface area contributed by atoms with Gasteiger partial charge < -0.3 is 9.29 Å². The highest BCUT2D eigenvalue weighted by Gasteiger charge is 2.62. The van der Waals surface area contributed by atoms with Gasteiger partial charge in [0, 0.05) is 40.7 Å². The third kappa shape index (κ3) is 8.33. The summed E-state index contributed by atoms with van der Waals surface area (Å²) >= 11 is -1.36. The molecule has 1 aromatic carbocycles. The van der Waals surface area contributed by atoms with Crippen LogP contribution >= 0.6 is 11.3 Å². The predicted molar refractivity (Wildman–Crippen MR) is 129 cm³/mol. The smallest absolute Gasteiger partial charge is 0.415 e. The van der Waals surface area contributed by atoms with Gasteiger partial charge >= 0.3 is 12.4 Å². The van der Waals surface area contributed by atoms with Crippen molar-refractivity contribution in [3.63, 3.8) is 0 Å². The van der Waals surface area contributed by atoms with Crippen LogP contribution in [0.2, 0.25) is 0 Å². The minimum Gasteiger partial charge on any atom is -0.598 e. The Balaban J connectivity index is 2.50. The molecule has 37 heavy (non-hydrogen) atoms. The van der Waals surface area contributed by atoms with Gasteiger partial charge in [0.15, 0.2) is 11.3 Å². The van der Waals surface area contributed by atoms with Crippen LogP contribution in [0.25, 0.3) is 0 Å². The summed E-state index contributed by atoms with van der Waals surface area (Å²) in [5.41, 5.74) is -4.35. The lowest BCUT2D eigenvalue weighted by Crippen LogP contribution is -2.60. The maximum absolute atomic E-state index is 15.2. The van der Waals surface area contributed by atoms with Crippen molar-refractivity contribution in [2.45, 2.75) is 76.0 Å². The SMILES string of the molecule is CCc1ccc(C(=O)C[C@](N[S@@+]([O-])C(C)(C)C)(c2ccc(OCCCC(F)(F)F)cc2F)C(F)(F)F)s1. The molecule has 1 heterocycles. The first-order valence-corrected chi connectivity index (χ1v) is 13.2. The number of aryl methyl sites for hydroxylation is 1. The fraction of sp³-hybridized carbons (Fsp3) is 0.542. The molecular weight excluding hydrogens is 547 g/mol. The van der Waals surface area contributed by atoms with E-state index in [2.05, 4.69) is 0 Å². The van der Waals surface area contributed by atoms with Crippen molar-refractivity contribution in [2.24, 2.45) is 0 Å². The molecule has 0 aliphatic carbocycles. The first-order valence-electron chi connectivity index (χ1n) is 11.3. The van der Waals surface area contributed by atoms with Crippen molar-refractivity contribution in [3.05, 3.63) is 51.5 Å². The van der Waals surface area contributed by atoms with Gasteiger partial charge in [0.1, 0.15) is 16.3 Å². The number of Topliss-reactive ketones (excluding diaryl/α,β-unsaturated/α-hetero) is 1. The molecule has 13 heteroatoms. The van der Waals surface area contributed by atoms with Gasteiger partial charge in [-0.05, 0) is 51.8 Å². The monoisotopic (exact) mass is 575 g/mol. The molecule has 1 N–H and O–H groups in total. The van der Waals surface area contributed by atoms with Crippen LogP contribution in [0.15, 0.2) is 30.3 Å². The van der Waals surface area contributed by atoms with Crippen LogP contribution in [0.1, 0.15) is 67.1 Å². The lowest BCUT2D eigenvalue weighted by molar-refractivity contribution is -0.194. The van der Waals surface area contributed by atoms with Crippen LogP contribution < -0.4 is 9.46 Å². The maximum atomic E-state index is 15.2. The summed E-state index contributed by atoms with van der Waals surface area (Å²) < 4.78 is 115. The van der Waals surface area contributed by atoms with Gasteiger partial charge in [-0.2, -0.15) is 26.3 Å². The van der Waals surface area contributed by atoms with Crippen LogP contribution in [0.4, 0.5) is 30.7 Å². The standard InChI is InChI=1S/C24H28F7NO3S2/c1-5-16-8-10-20(36-16)19(33)14-22(24(29,30)31,32-37(34)21(2,3)4)17-9-7-15(13-18(17)25)35-12-6-11-23(26,27)28/h7-10,13,32H,5-6,11-12,14H2,1-4H3/t22-,37-/m0/s1. The molecule has 0 aliphatic heterocycles. The maximum Gasteiger partial charge on any atom is 0.415 e. The van der Waals surface area contributed by atoms with E-state index in [1.165, 1.54) is 26.8 Å². The van der Waals surface area contributed by atoms with Gasteiger partial charge in [-0.15, -0.1) is 16.1 Å². The normalized spacial score (nSPS) is 15.4. The first-order chi connectivity index (χ1) is 16.9. The van der Waals surface area contributed by atoms with Gasteiger partial charge in [-0.25, -0.2) is 4.39 Å². The van der Waals surface area contributed by atoms with E-state index in [1.54, 1.807) is 6.07 Å². The third-order valence-corrected chi connectivity index (χ3v) is 8.21. The summed E-state index contributed by atoms with van der Waals surface area (Å²) in [6, 6.07) is 5.32. The van der Waals surface area contributed by atoms with Crippen molar-refractivity contribution >= 4 is 28.5 Å². The van der Waals surface area contributed by atoms with E-state index in [4.69, 9.17) is 4.74 Å². The summed E-state index contributed by atoms with van der Waals surface area (Å²) in [5.74, 6) is -2.63. The Morgan fingerprint density at radius 1 is 1.08 bits per heavy atom. The molecule has 0 unspecified atom stereocenters. The molecule has 4 nitrogen and oxygen atoms in total. The number of benzene rings is 1. The number of alkyl halides is 6. The van der Waals surface area contributed by atoms with Crippen molar-refractivity contribution < 1.29 is 44.8 Å². The molecule has 0 radical (unpaired) electrons. The molecule has 0 spiro atoms. The molecule has 2 rings (SSSR count). The zero-order valence-corrected chi connectivity index (χ0v) is 22.2. The number of hydrogen-bond donors (Lipinski definition) is 1. The summed E-state index contributed by atoms with van der Waals surface area (Å²) in [7, 11) is 0. The number of carbonyl (C=O) groups excluding carboxylic acids is 1. The summed E-state index contributed by atoms with van der Waals surface area (Å²) in [5, 5.41) is 0. The average Bonchev–Trinajstić information content (AvgIpc) is 3.24. The molecule has 2 aromatic rings. The zero-order valence-electron chi connectivity index (χ0n) is 20.6. The van der Waals surface area contributed by atoms with Crippen LogP contribution in [-0.2, 0) is 23.3 Å². The Morgan fingerprint density at radius 3 is 2.22 bits per heavy atom. The molecule has 1 aromatic heterocycles. The predicted octanol–water partition coefficient (Wildman–Crippen LogP) is 7.25. The fourth-order valence-electron chi connectivity index (χ4n) is 3.25. The molecule has 2 atom stereocenters. The molecule has 0 aliphatic rings. The van der Waals surface area contributed by atoms with E-state index in [0.29, 0.717) is 12.5 Å². The lowest BCUT2D eigenvalue weighted by Gasteiger charge is -2.38. The van der Waals surface area contributed by atoms with E-state index in [-0.39, 0.29) is 10.6 Å². The van der Waals surface area contributed by atoms with E-state index >= 15 is 4.39 Å². The molecule has 208 valence electrons. The van der Waals surface area contributed by atoms with Crippen molar-refractivity contribution in [3.8, 4) is 5.75 Å². The number of ether oxygens (including phenoxy) is 1. The van der Waals surface area contributed by atoms with Crippen LogP contribution in [-0.4, -0.2) is 34.0 Å². The third-order valence-electron chi connectivity index (χ3n) is 5.29. The second kappa shape index (κ2) is 11.9. The second-order valence-electron chi connectivity index (χ2n) is 9.31. The lowest BCUT2D eigenvalue weighted by atomic mass is 9.84. The number of nitrogens with one attached hydrogen (secondary N) is 1.